The molecular formula is C15H21NO. The van der Waals surface area contributed by atoms with E-state index in [-0.39, 0.29) is 5.41 Å². The summed E-state index contributed by atoms with van der Waals surface area (Å²) < 4.78 is 2.29. The first-order valence-electron chi connectivity index (χ1n) is 6.28. The van der Waals surface area contributed by atoms with Gasteiger partial charge in [-0.05, 0) is 31.2 Å². The highest BCUT2D eigenvalue weighted by Gasteiger charge is 2.33. The summed E-state index contributed by atoms with van der Waals surface area (Å²) in [5, 5.41) is 0. The normalized spacial score (nSPS) is 17.9. The van der Waals surface area contributed by atoms with E-state index < -0.39 is 0 Å². The lowest BCUT2D eigenvalue weighted by atomic mass is 9.76. The molecule has 0 amide bonds. The van der Waals surface area contributed by atoms with Crippen molar-refractivity contribution in [2.75, 3.05) is 0 Å². The van der Waals surface area contributed by atoms with Gasteiger partial charge in [-0.25, -0.2) is 0 Å². The van der Waals surface area contributed by atoms with E-state index in [0.717, 1.165) is 24.9 Å². The molecule has 0 atom stereocenters. The molecule has 2 heteroatoms. The van der Waals surface area contributed by atoms with Gasteiger partial charge in [-0.2, -0.15) is 0 Å². The lowest BCUT2D eigenvalue weighted by Gasteiger charge is -2.29. The molecule has 0 radical (unpaired) electrons. The molecular weight excluding hydrogens is 210 g/mol. The SMILES string of the molecule is C=CCCn1c(C)cc2c1CC(C)(C)CC2=O. The zero-order valence-electron chi connectivity index (χ0n) is 11.0. The van der Waals surface area contributed by atoms with Gasteiger partial charge in [0, 0.05) is 29.9 Å². The summed E-state index contributed by atoms with van der Waals surface area (Å²) >= 11 is 0. The molecule has 1 aliphatic rings. The number of ketones is 1. The van der Waals surface area contributed by atoms with E-state index in [2.05, 4.69) is 38.0 Å². The third-order valence-corrected chi connectivity index (χ3v) is 3.56. The second-order valence-electron chi connectivity index (χ2n) is 5.82. The van der Waals surface area contributed by atoms with E-state index in [1.165, 1.54) is 11.4 Å². The molecule has 17 heavy (non-hydrogen) atoms. The minimum atomic E-state index is 0.0980. The monoisotopic (exact) mass is 231 g/mol. The Morgan fingerprint density at radius 3 is 2.82 bits per heavy atom. The predicted octanol–water partition coefficient (Wildman–Crippen LogP) is 3.53. The first kappa shape index (κ1) is 12.2. The van der Waals surface area contributed by atoms with Gasteiger partial charge in [0.2, 0.25) is 0 Å². The Kier molecular flexibility index (Phi) is 2.98. The van der Waals surface area contributed by atoms with E-state index in [9.17, 15) is 4.79 Å². The average Bonchev–Trinajstić information content (AvgIpc) is 2.51. The van der Waals surface area contributed by atoms with E-state index in [1.807, 2.05) is 6.08 Å². The van der Waals surface area contributed by atoms with Crippen LogP contribution in [0.4, 0.5) is 0 Å². The molecule has 1 aromatic heterocycles. The zero-order chi connectivity index (χ0) is 12.6. The minimum Gasteiger partial charge on any atom is -0.348 e. The Bertz CT molecular complexity index is 466. The lowest BCUT2D eigenvalue weighted by Crippen LogP contribution is -2.28. The molecule has 1 aliphatic carbocycles. The van der Waals surface area contributed by atoms with Crippen LogP contribution in [0.3, 0.4) is 0 Å². The first-order valence-corrected chi connectivity index (χ1v) is 6.28. The summed E-state index contributed by atoms with van der Waals surface area (Å²) in [6.45, 7) is 11.1. The topological polar surface area (TPSA) is 22.0 Å². The molecule has 0 aromatic carbocycles. The molecule has 0 fully saturated rings. The standard InChI is InChI=1S/C15H21NO/c1-5-6-7-16-11(2)8-12-13(16)9-15(3,4)10-14(12)17/h5,8H,1,6-7,9-10H2,2-4H3. The molecule has 1 aromatic rings. The molecule has 0 bridgehead atoms. The van der Waals surface area contributed by atoms with Crippen LogP contribution in [0.1, 0.15) is 48.4 Å². The second-order valence-corrected chi connectivity index (χ2v) is 5.82. The summed E-state index contributed by atoms with van der Waals surface area (Å²) in [6, 6.07) is 2.05. The summed E-state index contributed by atoms with van der Waals surface area (Å²) in [4.78, 5) is 12.1. The number of carbonyl (C=O) groups is 1. The van der Waals surface area contributed by atoms with Gasteiger partial charge < -0.3 is 4.57 Å². The van der Waals surface area contributed by atoms with Gasteiger partial charge in [0.05, 0.1) is 0 Å². The Morgan fingerprint density at radius 2 is 2.18 bits per heavy atom. The summed E-state index contributed by atoms with van der Waals surface area (Å²) in [5.41, 5.74) is 3.47. The van der Waals surface area contributed by atoms with Crippen LogP contribution in [-0.4, -0.2) is 10.4 Å². The van der Waals surface area contributed by atoms with Crippen molar-refractivity contribution in [3.63, 3.8) is 0 Å². The van der Waals surface area contributed by atoms with Crippen molar-refractivity contribution in [2.45, 2.75) is 46.6 Å². The molecule has 1 heterocycles. The van der Waals surface area contributed by atoms with E-state index in [4.69, 9.17) is 0 Å². The molecule has 0 saturated carbocycles. The Labute approximate surface area is 103 Å². The fourth-order valence-corrected chi connectivity index (χ4v) is 2.74. The van der Waals surface area contributed by atoms with Crippen molar-refractivity contribution in [3.8, 4) is 0 Å². The molecule has 0 N–H and O–H groups in total. The maximum absolute atomic E-state index is 12.1. The van der Waals surface area contributed by atoms with Gasteiger partial charge in [0.25, 0.3) is 0 Å². The van der Waals surface area contributed by atoms with Crippen molar-refractivity contribution in [3.05, 3.63) is 35.7 Å². The zero-order valence-corrected chi connectivity index (χ0v) is 11.0. The third kappa shape index (κ3) is 2.21. The molecule has 2 nitrogen and oxygen atoms in total. The van der Waals surface area contributed by atoms with Crippen LogP contribution >= 0.6 is 0 Å². The molecule has 0 saturated heterocycles. The molecule has 92 valence electrons. The van der Waals surface area contributed by atoms with Gasteiger partial charge in [0.15, 0.2) is 5.78 Å². The fourth-order valence-electron chi connectivity index (χ4n) is 2.74. The molecule has 0 aliphatic heterocycles. The van der Waals surface area contributed by atoms with E-state index >= 15 is 0 Å². The summed E-state index contributed by atoms with van der Waals surface area (Å²) in [5.74, 6) is 0.303. The number of aromatic nitrogens is 1. The maximum Gasteiger partial charge on any atom is 0.165 e. The van der Waals surface area contributed by atoms with Crippen LogP contribution in [-0.2, 0) is 13.0 Å². The van der Waals surface area contributed by atoms with E-state index in [1.54, 1.807) is 0 Å². The first-order chi connectivity index (χ1) is 7.94. The highest BCUT2D eigenvalue weighted by molar-refractivity contribution is 5.99. The number of carbonyl (C=O) groups excluding carboxylic acids is 1. The smallest absolute Gasteiger partial charge is 0.165 e. The average molecular weight is 231 g/mol. The molecule has 2 rings (SSSR count). The van der Waals surface area contributed by atoms with Crippen LogP contribution in [0.2, 0.25) is 0 Å². The summed E-state index contributed by atoms with van der Waals surface area (Å²) in [6.07, 6.45) is 4.56. The largest absolute Gasteiger partial charge is 0.348 e. The Balaban J connectivity index is 2.43. The highest BCUT2D eigenvalue weighted by atomic mass is 16.1. The number of Topliss-reactive ketones (excluding diaryl/α,β-unsaturated/α-hetero) is 1. The lowest BCUT2D eigenvalue weighted by molar-refractivity contribution is 0.0910. The van der Waals surface area contributed by atoms with Crippen LogP contribution < -0.4 is 0 Å². The van der Waals surface area contributed by atoms with Crippen molar-refractivity contribution >= 4 is 5.78 Å². The van der Waals surface area contributed by atoms with Crippen molar-refractivity contribution in [1.82, 2.24) is 4.57 Å². The fraction of sp³-hybridized carbons (Fsp3) is 0.533. The van der Waals surface area contributed by atoms with Gasteiger partial charge in [-0.15, -0.1) is 6.58 Å². The van der Waals surface area contributed by atoms with Crippen molar-refractivity contribution < 1.29 is 4.79 Å². The quantitative estimate of drug-likeness (QED) is 0.729. The minimum absolute atomic E-state index is 0.0980. The van der Waals surface area contributed by atoms with Crippen LogP contribution in [0, 0.1) is 12.3 Å². The number of allylic oxidation sites excluding steroid dienone is 1. The van der Waals surface area contributed by atoms with Crippen molar-refractivity contribution in [2.24, 2.45) is 5.41 Å². The maximum atomic E-state index is 12.1. The Morgan fingerprint density at radius 1 is 1.47 bits per heavy atom. The number of hydrogen-bond acceptors (Lipinski definition) is 1. The van der Waals surface area contributed by atoms with Gasteiger partial charge in [0.1, 0.15) is 0 Å². The number of hydrogen-bond donors (Lipinski definition) is 0. The Hall–Kier alpha value is -1.31. The van der Waals surface area contributed by atoms with Crippen LogP contribution in [0.15, 0.2) is 18.7 Å². The van der Waals surface area contributed by atoms with Gasteiger partial charge in [-0.1, -0.05) is 19.9 Å². The van der Waals surface area contributed by atoms with Gasteiger partial charge in [-0.3, -0.25) is 4.79 Å². The number of rotatable bonds is 3. The second kappa shape index (κ2) is 4.17. The van der Waals surface area contributed by atoms with E-state index in [0.29, 0.717) is 12.2 Å². The molecule has 0 unspecified atom stereocenters. The highest BCUT2D eigenvalue weighted by Crippen LogP contribution is 2.36. The number of aryl methyl sites for hydroxylation is 1. The van der Waals surface area contributed by atoms with Gasteiger partial charge >= 0.3 is 0 Å². The number of nitrogens with zero attached hydrogens (tertiary/aromatic N) is 1. The van der Waals surface area contributed by atoms with Crippen LogP contribution in [0.25, 0.3) is 0 Å². The predicted molar refractivity (Wildman–Crippen MR) is 70.4 cm³/mol. The van der Waals surface area contributed by atoms with Crippen molar-refractivity contribution in [1.29, 1.82) is 0 Å². The number of fused-ring (bicyclic) bond motifs is 1. The van der Waals surface area contributed by atoms with Crippen LogP contribution in [0.5, 0.6) is 0 Å². The summed E-state index contributed by atoms with van der Waals surface area (Å²) in [7, 11) is 0. The molecule has 0 spiro atoms. The third-order valence-electron chi connectivity index (χ3n) is 3.56.